The third-order valence-corrected chi connectivity index (χ3v) is 4.84. The Labute approximate surface area is 127 Å². The Balaban J connectivity index is 1.37. The Bertz CT molecular complexity index is 345. The number of hydrogen-bond acceptors (Lipinski definition) is 4. The highest BCUT2D eigenvalue weighted by molar-refractivity contribution is 5.80. The Kier molecular flexibility index (Phi) is 5.14. The number of carbonyl (C=O) groups is 1. The van der Waals surface area contributed by atoms with Gasteiger partial charge >= 0.3 is 0 Å². The van der Waals surface area contributed by atoms with Gasteiger partial charge in [0, 0.05) is 38.8 Å². The van der Waals surface area contributed by atoms with Crippen LogP contribution in [0.4, 0.5) is 0 Å². The minimum Gasteiger partial charge on any atom is -0.376 e. The molecule has 0 bridgehead atoms. The van der Waals surface area contributed by atoms with Gasteiger partial charge in [0.15, 0.2) is 0 Å². The lowest BCUT2D eigenvalue weighted by molar-refractivity contribution is -0.147. The highest BCUT2D eigenvalue weighted by Gasteiger charge is 2.33. The van der Waals surface area contributed by atoms with E-state index in [4.69, 9.17) is 9.47 Å². The van der Waals surface area contributed by atoms with Crippen molar-refractivity contribution in [3.63, 3.8) is 0 Å². The fourth-order valence-electron chi connectivity index (χ4n) is 3.27. The molecule has 0 aromatic carbocycles. The molecule has 2 atom stereocenters. The van der Waals surface area contributed by atoms with Gasteiger partial charge in [0.25, 0.3) is 5.91 Å². The zero-order valence-electron chi connectivity index (χ0n) is 13.1. The molecule has 21 heavy (non-hydrogen) atoms. The van der Waals surface area contributed by atoms with Gasteiger partial charge in [-0.05, 0) is 39.0 Å². The summed E-state index contributed by atoms with van der Waals surface area (Å²) < 4.78 is 11.4. The van der Waals surface area contributed by atoms with Gasteiger partial charge in [-0.2, -0.15) is 0 Å². The van der Waals surface area contributed by atoms with Crippen molar-refractivity contribution in [2.45, 2.75) is 57.3 Å². The van der Waals surface area contributed by atoms with Gasteiger partial charge in [0.05, 0.1) is 12.7 Å². The van der Waals surface area contributed by atoms with E-state index in [1.807, 2.05) is 11.8 Å². The normalized spacial score (nSPS) is 29.4. The summed E-state index contributed by atoms with van der Waals surface area (Å²) in [6.07, 6.45) is 5.93. The molecule has 3 fully saturated rings. The number of rotatable bonds is 5. The number of piperazine rings is 1. The summed E-state index contributed by atoms with van der Waals surface area (Å²) in [5.74, 6) is 0.140. The van der Waals surface area contributed by atoms with Gasteiger partial charge < -0.3 is 14.4 Å². The van der Waals surface area contributed by atoms with E-state index in [1.54, 1.807) is 0 Å². The van der Waals surface area contributed by atoms with Crippen LogP contribution in [-0.4, -0.2) is 73.3 Å². The first kappa shape index (κ1) is 15.3. The molecule has 3 rings (SSSR count). The van der Waals surface area contributed by atoms with E-state index in [-0.39, 0.29) is 18.1 Å². The minimum atomic E-state index is -0.344. The Hall–Kier alpha value is -0.650. The first-order chi connectivity index (χ1) is 10.2. The lowest BCUT2D eigenvalue weighted by Crippen LogP contribution is -2.52. The van der Waals surface area contributed by atoms with Crippen LogP contribution in [-0.2, 0) is 14.3 Å². The van der Waals surface area contributed by atoms with Gasteiger partial charge in [0.2, 0.25) is 0 Å². The summed E-state index contributed by atoms with van der Waals surface area (Å²) in [6, 6.07) is 0.805. The van der Waals surface area contributed by atoms with Crippen LogP contribution in [0.25, 0.3) is 0 Å². The highest BCUT2D eigenvalue weighted by Crippen LogP contribution is 2.27. The van der Waals surface area contributed by atoms with Crippen molar-refractivity contribution >= 4 is 5.91 Å². The van der Waals surface area contributed by atoms with Crippen molar-refractivity contribution in [1.82, 2.24) is 9.80 Å². The van der Waals surface area contributed by atoms with E-state index in [2.05, 4.69) is 4.90 Å². The molecule has 2 aliphatic heterocycles. The molecule has 0 spiro atoms. The van der Waals surface area contributed by atoms with Gasteiger partial charge in [-0.1, -0.05) is 0 Å². The Morgan fingerprint density at radius 1 is 1.19 bits per heavy atom. The summed E-state index contributed by atoms with van der Waals surface area (Å²) in [5, 5.41) is 0. The molecule has 0 unspecified atom stereocenters. The van der Waals surface area contributed by atoms with Crippen molar-refractivity contribution < 1.29 is 14.3 Å². The molecule has 0 aromatic heterocycles. The third kappa shape index (κ3) is 4.18. The summed E-state index contributed by atoms with van der Waals surface area (Å²) in [5.41, 5.74) is 0. The maximum Gasteiger partial charge on any atom is 0.251 e. The second kappa shape index (κ2) is 7.07. The fraction of sp³-hybridized carbons (Fsp3) is 0.938. The van der Waals surface area contributed by atoms with E-state index in [0.717, 1.165) is 51.7 Å². The van der Waals surface area contributed by atoms with E-state index >= 15 is 0 Å². The molecular formula is C16H28N2O3. The standard InChI is InChI=1S/C16H28N2O3/c1-13(21-12-15-4-2-3-11-20-15)16(19)18-9-7-17(8-10-18)14-5-6-14/h13-15H,2-12H2,1H3/t13-,15-/m0/s1. The summed E-state index contributed by atoms with van der Waals surface area (Å²) in [4.78, 5) is 16.9. The molecule has 0 N–H and O–H groups in total. The molecular weight excluding hydrogens is 268 g/mol. The van der Waals surface area contributed by atoms with Crippen molar-refractivity contribution in [2.75, 3.05) is 39.4 Å². The number of hydrogen-bond donors (Lipinski definition) is 0. The summed E-state index contributed by atoms with van der Waals surface area (Å²) in [6.45, 7) is 7.00. The molecule has 2 heterocycles. The SMILES string of the molecule is C[C@H](OC[C@@H]1CCCCO1)C(=O)N1CCN(C2CC2)CC1. The molecule has 0 aromatic rings. The van der Waals surface area contributed by atoms with Crippen LogP contribution in [0.2, 0.25) is 0 Å². The van der Waals surface area contributed by atoms with Crippen LogP contribution in [0, 0.1) is 0 Å². The van der Waals surface area contributed by atoms with Gasteiger partial charge in [-0.15, -0.1) is 0 Å². The molecule has 120 valence electrons. The molecule has 5 nitrogen and oxygen atoms in total. The largest absolute Gasteiger partial charge is 0.376 e. The van der Waals surface area contributed by atoms with E-state index in [0.29, 0.717) is 6.61 Å². The van der Waals surface area contributed by atoms with E-state index < -0.39 is 0 Å². The smallest absolute Gasteiger partial charge is 0.251 e. The van der Waals surface area contributed by atoms with Crippen molar-refractivity contribution in [3.05, 3.63) is 0 Å². The van der Waals surface area contributed by atoms with Crippen molar-refractivity contribution in [2.24, 2.45) is 0 Å². The van der Waals surface area contributed by atoms with Crippen LogP contribution in [0.3, 0.4) is 0 Å². The average molecular weight is 296 g/mol. The second-order valence-electron chi connectivity index (χ2n) is 6.56. The zero-order valence-corrected chi connectivity index (χ0v) is 13.1. The Morgan fingerprint density at radius 3 is 2.57 bits per heavy atom. The summed E-state index contributed by atoms with van der Waals surface area (Å²) >= 11 is 0. The van der Waals surface area contributed by atoms with Crippen LogP contribution in [0.5, 0.6) is 0 Å². The molecule has 5 heteroatoms. The minimum absolute atomic E-state index is 0.140. The molecule has 1 amide bonds. The number of amides is 1. The first-order valence-corrected chi connectivity index (χ1v) is 8.50. The lowest BCUT2D eigenvalue weighted by Gasteiger charge is -2.36. The summed E-state index contributed by atoms with van der Waals surface area (Å²) in [7, 11) is 0. The molecule has 1 saturated carbocycles. The van der Waals surface area contributed by atoms with Gasteiger partial charge in [-0.25, -0.2) is 0 Å². The predicted molar refractivity (Wildman–Crippen MR) is 80.2 cm³/mol. The van der Waals surface area contributed by atoms with Crippen LogP contribution < -0.4 is 0 Å². The number of nitrogens with zero attached hydrogens (tertiary/aromatic N) is 2. The van der Waals surface area contributed by atoms with E-state index in [1.165, 1.54) is 19.3 Å². The van der Waals surface area contributed by atoms with Crippen LogP contribution in [0.15, 0.2) is 0 Å². The molecule has 2 saturated heterocycles. The van der Waals surface area contributed by atoms with Crippen LogP contribution in [0.1, 0.15) is 39.0 Å². The molecule has 0 radical (unpaired) electrons. The Morgan fingerprint density at radius 2 is 1.95 bits per heavy atom. The third-order valence-electron chi connectivity index (χ3n) is 4.84. The maximum absolute atomic E-state index is 12.4. The van der Waals surface area contributed by atoms with E-state index in [9.17, 15) is 4.79 Å². The average Bonchev–Trinajstić information content (AvgIpc) is 3.38. The van der Waals surface area contributed by atoms with Crippen molar-refractivity contribution in [3.8, 4) is 0 Å². The molecule has 1 aliphatic carbocycles. The first-order valence-electron chi connectivity index (χ1n) is 8.50. The second-order valence-corrected chi connectivity index (χ2v) is 6.56. The van der Waals surface area contributed by atoms with Crippen molar-refractivity contribution in [1.29, 1.82) is 0 Å². The topological polar surface area (TPSA) is 42.0 Å². The quantitative estimate of drug-likeness (QED) is 0.766. The number of ether oxygens (including phenoxy) is 2. The van der Waals surface area contributed by atoms with Crippen LogP contribution >= 0.6 is 0 Å². The van der Waals surface area contributed by atoms with Gasteiger partial charge in [-0.3, -0.25) is 9.69 Å². The maximum atomic E-state index is 12.4. The molecule has 3 aliphatic rings. The number of carbonyl (C=O) groups excluding carboxylic acids is 1. The lowest BCUT2D eigenvalue weighted by atomic mass is 10.1. The predicted octanol–water partition coefficient (Wildman–Crippen LogP) is 1.27. The monoisotopic (exact) mass is 296 g/mol. The fourth-order valence-corrected chi connectivity index (χ4v) is 3.27. The highest BCUT2D eigenvalue weighted by atomic mass is 16.5. The van der Waals surface area contributed by atoms with Gasteiger partial charge in [0.1, 0.15) is 6.10 Å². The zero-order chi connectivity index (χ0) is 14.7.